The molecule has 1 amide bonds. The van der Waals surface area contributed by atoms with Gasteiger partial charge in [-0.3, -0.25) is 9.89 Å². The Balaban J connectivity index is 1.42. The molecule has 2 aromatic heterocycles. The molecule has 7 rings (SSSR count). The number of anilines is 3. The number of carbonyl (C=O) groups is 1. The second-order valence-corrected chi connectivity index (χ2v) is 12.2. The number of hydrogen-bond acceptors (Lipinski definition) is 8. The fraction of sp³-hybridized carbons (Fsp3) is 0.400. The van der Waals surface area contributed by atoms with Crippen LogP contribution in [0.25, 0.3) is 32.9 Å². The summed E-state index contributed by atoms with van der Waals surface area (Å²) in [7, 11) is 4.10. The van der Waals surface area contributed by atoms with Crippen molar-refractivity contribution in [2.45, 2.75) is 37.9 Å². The Morgan fingerprint density at radius 1 is 1.17 bits per heavy atom. The standard InChI is InChI=1S/C30H33ClFN9O/c1-5-22(42)39-11-16-7-8-17(12-39)41(16)29-19-10-20(31)24(23-15(2)6-9-21-25(23)28(33)37-36-21)26(32)27(19)34-30(35-29)40-13-18(14-40)38(3)4/h5-6,9-10,16-18H,1,7-8,11-14H2,2-4H3,(H3,33,36,37). The molecule has 4 aromatic rings. The minimum Gasteiger partial charge on any atom is -0.382 e. The van der Waals surface area contributed by atoms with Crippen LogP contribution in [0.3, 0.4) is 0 Å². The van der Waals surface area contributed by atoms with E-state index in [4.69, 9.17) is 27.3 Å². The molecule has 2 unspecified atom stereocenters. The van der Waals surface area contributed by atoms with Crippen molar-refractivity contribution in [2.75, 3.05) is 55.8 Å². The van der Waals surface area contributed by atoms with E-state index in [0.29, 0.717) is 52.8 Å². The van der Waals surface area contributed by atoms with Crippen LogP contribution in [0.4, 0.5) is 22.0 Å². The predicted molar refractivity (Wildman–Crippen MR) is 164 cm³/mol. The number of carbonyl (C=O) groups excluding carboxylic acids is 1. The minimum atomic E-state index is -0.517. The number of likely N-dealkylation sites (tertiary alicyclic amines) is 1. The van der Waals surface area contributed by atoms with Crippen molar-refractivity contribution in [3.63, 3.8) is 0 Å². The molecule has 3 fully saturated rings. The number of rotatable bonds is 5. The molecule has 3 aliphatic rings. The molecule has 0 aliphatic carbocycles. The zero-order valence-electron chi connectivity index (χ0n) is 23.9. The van der Waals surface area contributed by atoms with E-state index < -0.39 is 5.82 Å². The van der Waals surface area contributed by atoms with Gasteiger partial charge in [0.1, 0.15) is 11.3 Å². The Morgan fingerprint density at radius 2 is 1.88 bits per heavy atom. The summed E-state index contributed by atoms with van der Waals surface area (Å²) in [5.74, 6) is 0.839. The molecule has 0 spiro atoms. The molecular formula is C30H33ClFN9O. The molecule has 2 aromatic carbocycles. The maximum absolute atomic E-state index is 16.9. The molecular weight excluding hydrogens is 557 g/mol. The van der Waals surface area contributed by atoms with Crippen molar-refractivity contribution in [1.82, 2.24) is 30.0 Å². The third-order valence-electron chi connectivity index (χ3n) is 9.16. The van der Waals surface area contributed by atoms with Crippen LogP contribution in [-0.2, 0) is 4.79 Å². The van der Waals surface area contributed by atoms with Gasteiger partial charge >= 0.3 is 0 Å². The van der Waals surface area contributed by atoms with Gasteiger partial charge in [-0.2, -0.15) is 10.1 Å². The van der Waals surface area contributed by atoms with Gasteiger partial charge in [-0.1, -0.05) is 24.2 Å². The van der Waals surface area contributed by atoms with Gasteiger partial charge in [0.25, 0.3) is 0 Å². The van der Waals surface area contributed by atoms with E-state index in [1.807, 2.05) is 24.0 Å². The Morgan fingerprint density at radius 3 is 2.55 bits per heavy atom. The molecule has 2 bridgehead atoms. The predicted octanol–water partition coefficient (Wildman–Crippen LogP) is 3.97. The summed E-state index contributed by atoms with van der Waals surface area (Å²) in [6, 6.07) is 6.02. The number of nitrogen functional groups attached to an aromatic ring is 1. The largest absolute Gasteiger partial charge is 0.382 e. The van der Waals surface area contributed by atoms with Crippen LogP contribution in [0, 0.1) is 12.7 Å². The lowest BCUT2D eigenvalue weighted by Gasteiger charge is -2.44. The fourth-order valence-corrected chi connectivity index (χ4v) is 7.09. The van der Waals surface area contributed by atoms with E-state index in [9.17, 15) is 4.79 Å². The van der Waals surface area contributed by atoms with Crippen LogP contribution >= 0.6 is 11.6 Å². The molecule has 3 N–H and O–H groups in total. The Hall–Kier alpha value is -3.96. The third kappa shape index (κ3) is 4.01. The number of nitrogens with zero attached hydrogens (tertiary/aromatic N) is 7. The van der Waals surface area contributed by atoms with Gasteiger partial charge in [-0.05, 0) is 57.6 Å². The average molecular weight is 590 g/mol. The summed E-state index contributed by atoms with van der Waals surface area (Å²) in [4.78, 5) is 30.7. The molecule has 2 atom stereocenters. The van der Waals surface area contributed by atoms with Crippen molar-refractivity contribution in [2.24, 2.45) is 0 Å². The summed E-state index contributed by atoms with van der Waals surface area (Å²) >= 11 is 6.95. The average Bonchev–Trinajstić information content (AvgIpc) is 3.43. The number of likely N-dealkylation sites (N-methyl/N-ethyl adjacent to an activating group) is 1. The Kier molecular flexibility index (Phi) is 6.28. The van der Waals surface area contributed by atoms with Gasteiger partial charge < -0.3 is 25.3 Å². The number of aryl methyl sites for hydroxylation is 1. The number of halogens is 2. The number of fused-ring (bicyclic) bond motifs is 4. The van der Waals surface area contributed by atoms with E-state index in [1.165, 1.54) is 6.08 Å². The molecule has 42 heavy (non-hydrogen) atoms. The van der Waals surface area contributed by atoms with E-state index in [-0.39, 0.29) is 39.9 Å². The summed E-state index contributed by atoms with van der Waals surface area (Å²) in [5, 5.41) is 8.51. The number of aromatic nitrogens is 4. The lowest BCUT2D eigenvalue weighted by atomic mass is 9.94. The first kappa shape index (κ1) is 26.9. The third-order valence-corrected chi connectivity index (χ3v) is 9.45. The van der Waals surface area contributed by atoms with Crippen molar-refractivity contribution >= 4 is 56.9 Å². The van der Waals surface area contributed by atoms with Gasteiger partial charge in [0.2, 0.25) is 11.9 Å². The number of nitrogens with one attached hydrogen (secondary N) is 1. The maximum Gasteiger partial charge on any atom is 0.246 e. The first-order valence-corrected chi connectivity index (χ1v) is 14.6. The summed E-state index contributed by atoms with van der Waals surface area (Å²) < 4.78 is 16.9. The number of piperazine rings is 1. The molecule has 0 saturated carbocycles. The molecule has 10 nitrogen and oxygen atoms in total. The lowest BCUT2D eigenvalue weighted by Crippen LogP contribution is -2.58. The second-order valence-electron chi connectivity index (χ2n) is 11.8. The maximum atomic E-state index is 16.9. The van der Waals surface area contributed by atoms with Crippen LogP contribution in [0.1, 0.15) is 18.4 Å². The zero-order chi connectivity index (χ0) is 29.4. The highest BCUT2D eigenvalue weighted by Crippen LogP contribution is 2.45. The summed E-state index contributed by atoms with van der Waals surface area (Å²) in [6.07, 6.45) is 3.19. The fourth-order valence-electron chi connectivity index (χ4n) is 6.80. The van der Waals surface area contributed by atoms with Crippen molar-refractivity contribution < 1.29 is 9.18 Å². The number of aromatic amines is 1. The Labute approximate surface area is 247 Å². The SMILES string of the molecule is C=CC(=O)N1CC2CCC(C1)N2c1nc(N2CC(N(C)C)C2)nc2c(F)c(-c3c(C)ccc4[nH]nc(N)c34)c(Cl)cc12. The highest BCUT2D eigenvalue weighted by atomic mass is 35.5. The molecule has 3 aliphatic heterocycles. The number of benzene rings is 2. The summed E-state index contributed by atoms with van der Waals surface area (Å²) in [5.41, 5.74) is 8.82. The van der Waals surface area contributed by atoms with E-state index in [1.54, 1.807) is 6.07 Å². The number of nitrogens with two attached hydrogens (primary N) is 1. The van der Waals surface area contributed by atoms with E-state index >= 15 is 4.39 Å². The molecule has 12 heteroatoms. The first-order chi connectivity index (χ1) is 20.2. The van der Waals surface area contributed by atoms with Gasteiger partial charge in [-0.15, -0.1) is 0 Å². The van der Waals surface area contributed by atoms with Crippen LogP contribution < -0.4 is 15.5 Å². The first-order valence-electron chi connectivity index (χ1n) is 14.2. The van der Waals surface area contributed by atoms with Gasteiger partial charge in [0.05, 0.1) is 15.9 Å². The lowest BCUT2D eigenvalue weighted by molar-refractivity contribution is -0.126. The van der Waals surface area contributed by atoms with Crippen LogP contribution in [0.5, 0.6) is 0 Å². The molecule has 218 valence electrons. The molecule has 5 heterocycles. The molecule has 0 radical (unpaired) electrons. The van der Waals surface area contributed by atoms with Gasteiger partial charge in [0, 0.05) is 60.8 Å². The summed E-state index contributed by atoms with van der Waals surface area (Å²) in [6.45, 7) is 8.18. The minimum absolute atomic E-state index is 0.0488. The Bertz CT molecular complexity index is 1750. The normalized spacial score (nSPS) is 20.7. The number of H-pyrrole nitrogens is 1. The monoisotopic (exact) mass is 589 g/mol. The molecule has 3 saturated heterocycles. The van der Waals surface area contributed by atoms with Crippen molar-refractivity contribution in [3.8, 4) is 11.1 Å². The van der Waals surface area contributed by atoms with Gasteiger partial charge in [-0.25, -0.2) is 9.37 Å². The smallest absolute Gasteiger partial charge is 0.246 e. The quantitative estimate of drug-likeness (QED) is 0.337. The van der Waals surface area contributed by atoms with Crippen LogP contribution in [0.2, 0.25) is 5.02 Å². The van der Waals surface area contributed by atoms with Gasteiger partial charge in [0.15, 0.2) is 11.6 Å². The zero-order valence-corrected chi connectivity index (χ0v) is 24.6. The topological polar surface area (TPSA) is 111 Å². The number of amides is 1. The van der Waals surface area contributed by atoms with Crippen LogP contribution in [0.15, 0.2) is 30.9 Å². The second kappa shape index (κ2) is 9.81. The van der Waals surface area contributed by atoms with E-state index in [2.05, 4.69) is 45.6 Å². The van der Waals surface area contributed by atoms with Crippen molar-refractivity contribution in [3.05, 3.63) is 47.3 Å². The highest BCUT2D eigenvalue weighted by molar-refractivity contribution is 6.35. The van der Waals surface area contributed by atoms with Crippen molar-refractivity contribution in [1.29, 1.82) is 0 Å². The number of hydrogen-bond donors (Lipinski definition) is 2. The highest BCUT2D eigenvalue weighted by Gasteiger charge is 2.43. The van der Waals surface area contributed by atoms with Crippen LogP contribution in [-0.4, -0.2) is 94.3 Å². The van der Waals surface area contributed by atoms with E-state index in [0.717, 1.165) is 31.5 Å².